The highest BCUT2D eigenvalue weighted by molar-refractivity contribution is 8.00. The van der Waals surface area contributed by atoms with Gasteiger partial charge in [-0.15, -0.1) is 10.2 Å². The van der Waals surface area contributed by atoms with Crippen LogP contribution < -0.4 is 5.32 Å². The molecule has 1 aliphatic carbocycles. The van der Waals surface area contributed by atoms with Gasteiger partial charge in [0.15, 0.2) is 5.16 Å². The number of carbonyl (C=O) groups is 1. The summed E-state index contributed by atoms with van der Waals surface area (Å²) in [7, 11) is 0. The summed E-state index contributed by atoms with van der Waals surface area (Å²) in [5.74, 6) is 1.60. The first-order chi connectivity index (χ1) is 11.8. The third kappa shape index (κ3) is 4.84. The van der Waals surface area contributed by atoms with Crippen LogP contribution in [0.5, 0.6) is 0 Å². The van der Waals surface area contributed by atoms with E-state index in [2.05, 4.69) is 32.2 Å². The molecule has 0 saturated heterocycles. The normalized spacial score (nSPS) is 15.8. The molecule has 25 heavy (non-hydrogen) atoms. The Labute approximate surface area is 153 Å². The Balaban J connectivity index is 1.78. The van der Waals surface area contributed by atoms with Crippen LogP contribution in [0.4, 0.5) is 0 Å². The first kappa shape index (κ1) is 18.0. The monoisotopic (exact) mass is 358 g/mol. The van der Waals surface area contributed by atoms with Crippen LogP contribution >= 0.6 is 11.8 Å². The van der Waals surface area contributed by atoms with Gasteiger partial charge in [-0.3, -0.25) is 4.79 Å². The van der Waals surface area contributed by atoms with E-state index >= 15 is 0 Å². The van der Waals surface area contributed by atoms with Crippen molar-refractivity contribution in [2.24, 2.45) is 0 Å². The summed E-state index contributed by atoms with van der Waals surface area (Å²) in [6, 6.07) is 10.3. The fourth-order valence-electron chi connectivity index (χ4n) is 2.63. The zero-order valence-corrected chi connectivity index (χ0v) is 16.1. The molecule has 0 aliphatic heterocycles. The molecule has 1 atom stereocenters. The van der Waals surface area contributed by atoms with E-state index < -0.39 is 0 Å². The van der Waals surface area contributed by atoms with Crippen molar-refractivity contribution in [2.75, 3.05) is 0 Å². The Hall–Kier alpha value is -1.82. The molecule has 0 radical (unpaired) electrons. The number of rotatable bonds is 6. The van der Waals surface area contributed by atoms with E-state index in [0.29, 0.717) is 5.92 Å². The summed E-state index contributed by atoms with van der Waals surface area (Å²) in [5, 5.41) is 12.4. The quantitative estimate of drug-likeness (QED) is 0.802. The number of hydrogen-bond donors (Lipinski definition) is 1. The van der Waals surface area contributed by atoms with Gasteiger partial charge in [-0.1, -0.05) is 42.1 Å². The zero-order valence-electron chi connectivity index (χ0n) is 15.3. The summed E-state index contributed by atoms with van der Waals surface area (Å²) in [6.45, 7) is 8.64. The van der Waals surface area contributed by atoms with Gasteiger partial charge in [0.05, 0.1) is 11.8 Å². The third-order valence-corrected chi connectivity index (χ3v) is 5.10. The molecular weight excluding hydrogens is 332 g/mol. The molecule has 1 saturated carbocycles. The molecule has 1 aliphatic rings. The maximum absolute atomic E-state index is 12.4. The van der Waals surface area contributed by atoms with Crippen molar-refractivity contribution in [3.8, 4) is 0 Å². The summed E-state index contributed by atoms with van der Waals surface area (Å²) < 4.78 is 2.18. The van der Waals surface area contributed by atoms with Crippen LogP contribution in [0.1, 0.15) is 57.8 Å². The maximum atomic E-state index is 12.4. The highest BCUT2D eigenvalue weighted by atomic mass is 32.2. The Bertz CT molecular complexity index is 732. The van der Waals surface area contributed by atoms with Gasteiger partial charge < -0.3 is 9.88 Å². The van der Waals surface area contributed by atoms with Crippen molar-refractivity contribution >= 4 is 17.7 Å². The second-order valence-corrected chi connectivity index (χ2v) is 8.99. The second kappa shape index (κ2) is 7.20. The van der Waals surface area contributed by atoms with Crippen molar-refractivity contribution in [1.82, 2.24) is 20.1 Å². The van der Waals surface area contributed by atoms with Crippen molar-refractivity contribution in [2.45, 2.75) is 68.9 Å². The lowest BCUT2D eigenvalue weighted by Crippen LogP contribution is -2.44. The van der Waals surface area contributed by atoms with E-state index in [1.54, 1.807) is 0 Å². The predicted octanol–water partition coefficient (Wildman–Crippen LogP) is 3.60. The average molecular weight is 359 g/mol. The smallest absolute Gasteiger partial charge is 0.233 e. The zero-order chi connectivity index (χ0) is 18.0. The summed E-state index contributed by atoms with van der Waals surface area (Å²) >= 11 is 1.48. The highest BCUT2D eigenvalue weighted by Crippen LogP contribution is 2.40. The van der Waals surface area contributed by atoms with Gasteiger partial charge in [0, 0.05) is 11.5 Å². The van der Waals surface area contributed by atoms with E-state index in [0.717, 1.165) is 17.5 Å². The van der Waals surface area contributed by atoms with E-state index in [4.69, 9.17) is 0 Å². The Morgan fingerprint density at radius 1 is 1.28 bits per heavy atom. The van der Waals surface area contributed by atoms with E-state index in [1.807, 2.05) is 45.9 Å². The highest BCUT2D eigenvalue weighted by Gasteiger charge is 2.31. The summed E-state index contributed by atoms with van der Waals surface area (Å²) in [5.41, 5.74) is 0.987. The van der Waals surface area contributed by atoms with Crippen molar-refractivity contribution in [3.63, 3.8) is 0 Å². The fraction of sp³-hybridized carbons (Fsp3) is 0.526. The Morgan fingerprint density at radius 2 is 1.96 bits per heavy atom. The molecule has 1 amide bonds. The standard InChI is InChI=1S/C19H26N4OS/c1-13(17(24)20-19(2,3)4)25-18-22-21-16(15-10-11-15)23(18)12-14-8-6-5-7-9-14/h5-9,13,15H,10-12H2,1-4H3,(H,20,24). The molecular formula is C19H26N4OS. The first-order valence-corrected chi connectivity index (χ1v) is 9.67. The number of amides is 1. The molecule has 1 unspecified atom stereocenters. The van der Waals surface area contributed by atoms with Crippen LogP contribution in [0, 0.1) is 0 Å². The van der Waals surface area contributed by atoms with Crippen LogP contribution in [-0.2, 0) is 11.3 Å². The third-order valence-electron chi connectivity index (χ3n) is 4.02. The van der Waals surface area contributed by atoms with Gasteiger partial charge in [-0.2, -0.15) is 0 Å². The lowest BCUT2D eigenvalue weighted by molar-refractivity contribution is -0.121. The molecule has 1 heterocycles. The molecule has 1 fully saturated rings. The van der Waals surface area contributed by atoms with E-state index in [9.17, 15) is 4.79 Å². The number of carbonyl (C=O) groups excluding carboxylic acids is 1. The van der Waals surface area contributed by atoms with E-state index in [1.165, 1.54) is 30.2 Å². The largest absolute Gasteiger partial charge is 0.351 e. The number of aromatic nitrogens is 3. The number of nitrogens with zero attached hydrogens (tertiary/aromatic N) is 3. The lowest BCUT2D eigenvalue weighted by atomic mass is 10.1. The van der Waals surface area contributed by atoms with Gasteiger partial charge in [-0.05, 0) is 46.1 Å². The molecule has 0 bridgehead atoms. The topological polar surface area (TPSA) is 59.8 Å². The van der Waals surface area contributed by atoms with Crippen molar-refractivity contribution < 1.29 is 4.79 Å². The Morgan fingerprint density at radius 3 is 2.56 bits per heavy atom. The molecule has 2 aromatic rings. The number of thioether (sulfide) groups is 1. The molecule has 1 aromatic carbocycles. The Kier molecular flexibility index (Phi) is 5.18. The molecule has 1 aromatic heterocycles. The fourth-order valence-corrected chi connectivity index (χ4v) is 3.48. The minimum atomic E-state index is -0.233. The molecule has 5 nitrogen and oxygen atoms in total. The summed E-state index contributed by atoms with van der Waals surface area (Å²) in [6.07, 6.45) is 2.36. The SMILES string of the molecule is CC(Sc1nnc(C2CC2)n1Cc1ccccc1)C(=O)NC(C)(C)C. The number of benzene rings is 1. The van der Waals surface area contributed by atoms with Crippen molar-refractivity contribution in [1.29, 1.82) is 0 Å². The molecule has 0 spiro atoms. The van der Waals surface area contributed by atoms with Gasteiger partial charge in [0.1, 0.15) is 5.82 Å². The molecule has 6 heteroatoms. The molecule has 134 valence electrons. The van der Waals surface area contributed by atoms with Crippen LogP contribution in [0.3, 0.4) is 0 Å². The second-order valence-electron chi connectivity index (χ2n) is 7.69. The first-order valence-electron chi connectivity index (χ1n) is 8.79. The van der Waals surface area contributed by atoms with Gasteiger partial charge in [0.25, 0.3) is 0 Å². The summed E-state index contributed by atoms with van der Waals surface area (Å²) in [4.78, 5) is 12.4. The number of nitrogens with one attached hydrogen (secondary N) is 1. The van der Waals surface area contributed by atoms with Gasteiger partial charge in [-0.25, -0.2) is 0 Å². The van der Waals surface area contributed by atoms with Crippen LogP contribution in [0.2, 0.25) is 0 Å². The maximum Gasteiger partial charge on any atom is 0.233 e. The molecule has 1 N–H and O–H groups in total. The average Bonchev–Trinajstić information content (AvgIpc) is 3.31. The lowest BCUT2D eigenvalue weighted by Gasteiger charge is -2.23. The number of hydrogen-bond acceptors (Lipinski definition) is 4. The van der Waals surface area contributed by atoms with Gasteiger partial charge >= 0.3 is 0 Å². The van der Waals surface area contributed by atoms with Crippen LogP contribution in [0.25, 0.3) is 0 Å². The van der Waals surface area contributed by atoms with Crippen LogP contribution in [0.15, 0.2) is 35.5 Å². The molecule has 3 rings (SSSR count). The minimum absolute atomic E-state index is 0.0275. The van der Waals surface area contributed by atoms with E-state index in [-0.39, 0.29) is 16.7 Å². The van der Waals surface area contributed by atoms with Crippen molar-refractivity contribution in [3.05, 3.63) is 41.7 Å². The minimum Gasteiger partial charge on any atom is -0.351 e. The predicted molar refractivity (Wildman–Crippen MR) is 101 cm³/mol. The van der Waals surface area contributed by atoms with Crippen LogP contribution in [-0.4, -0.2) is 31.5 Å². The van der Waals surface area contributed by atoms with Gasteiger partial charge in [0.2, 0.25) is 5.91 Å².